The van der Waals surface area contributed by atoms with Crippen molar-refractivity contribution in [1.29, 1.82) is 0 Å². The van der Waals surface area contributed by atoms with E-state index in [9.17, 15) is 5.11 Å². The molecule has 0 heterocycles. The lowest BCUT2D eigenvalue weighted by molar-refractivity contribution is -0.181. The van der Waals surface area contributed by atoms with Gasteiger partial charge in [-0.3, -0.25) is 0 Å². The van der Waals surface area contributed by atoms with Gasteiger partial charge in [0.05, 0.1) is 6.61 Å². The van der Waals surface area contributed by atoms with E-state index in [1.807, 2.05) is 13.8 Å². The second-order valence-corrected chi connectivity index (χ2v) is 8.41. The first-order chi connectivity index (χ1) is 9.62. The molecule has 0 aromatic heterocycles. The van der Waals surface area contributed by atoms with E-state index >= 15 is 0 Å². The number of hydrogen-bond donors (Lipinski definition) is 3. The van der Waals surface area contributed by atoms with Gasteiger partial charge in [-0.1, -0.05) is 34.1 Å². The molecule has 0 amide bonds. The van der Waals surface area contributed by atoms with Gasteiger partial charge in [0.25, 0.3) is 0 Å². The highest BCUT2D eigenvalue weighted by molar-refractivity contribution is 8.00. The fraction of sp³-hybridized carbons (Fsp3) is 1.00. The average molecular weight is 322 g/mol. The largest absolute Gasteiger partial charge is 0.396 e. The van der Waals surface area contributed by atoms with Crippen molar-refractivity contribution < 1.29 is 14.9 Å². The van der Waals surface area contributed by atoms with E-state index in [0.717, 1.165) is 25.7 Å². The fourth-order valence-corrected chi connectivity index (χ4v) is 4.17. The zero-order chi connectivity index (χ0) is 16.7. The third-order valence-corrected chi connectivity index (χ3v) is 6.39. The summed E-state index contributed by atoms with van der Waals surface area (Å²) in [5.74, 6) is 0.693. The number of hydrogen-bond acceptors (Lipinski definition) is 5. The second kappa shape index (κ2) is 8.73. The Labute approximate surface area is 134 Å². The summed E-state index contributed by atoms with van der Waals surface area (Å²) in [5, 5.41) is 19.6. The first-order valence-electron chi connectivity index (χ1n) is 7.87. The van der Waals surface area contributed by atoms with E-state index in [2.05, 4.69) is 20.8 Å². The SMILES string of the molecule is CCCC(C)(N)C(C)(CC(C)(CC)SCCO)C(O)OC. The van der Waals surface area contributed by atoms with Crippen LogP contribution in [0.3, 0.4) is 0 Å². The Morgan fingerprint density at radius 2 is 1.81 bits per heavy atom. The number of methoxy groups -OCH3 is 1. The molecule has 0 spiro atoms. The lowest BCUT2D eigenvalue weighted by Gasteiger charge is -2.50. The van der Waals surface area contributed by atoms with Gasteiger partial charge in [0, 0.05) is 28.6 Å². The quantitative estimate of drug-likeness (QED) is 0.510. The Morgan fingerprint density at radius 3 is 2.19 bits per heavy atom. The molecule has 4 atom stereocenters. The van der Waals surface area contributed by atoms with Gasteiger partial charge in [-0.2, -0.15) is 11.8 Å². The minimum absolute atomic E-state index is 0.0502. The number of aliphatic hydroxyl groups is 2. The van der Waals surface area contributed by atoms with Crippen LogP contribution in [-0.2, 0) is 4.74 Å². The van der Waals surface area contributed by atoms with Gasteiger partial charge in [0.1, 0.15) is 0 Å². The van der Waals surface area contributed by atoms with E-state index in [-0.39, 0.29) is 11.4 Å². The number of thioether (sulfide) groups is 1. The van der Waals surface area contributed by atoms with Gasteiger partial charge in [-0.15, -0.1) is 0 Å². The summed E-state index contributed by atoms with van der Waals surface area (Å²) >= 11 is 1.74. The number of nitrogens with two attached hydrogens (primary N) is 1. The van der Waals surface area contributed by atoms with Gasteiger partial charge in [0.2, 0.25) is 0 Å². The van der Waals surface area contributed by atoms with Crippen LogP contribution in [0.2, 0.25) is 0 Å². The standard InChI is InChI=1S/C16H35NO3S/c1-7-9-16(5,17)15(4,13(19)20-6)12-14(3,8-2)21-11-10-18/h13,18-19H,7-12,17H2,1-6H3. The van der Waals surface area contributed by atoms with Crippen molar-refractivity contribution in [2.45, 2.75) is 76.9 Å². The van der Waals surface area contributed by atoms with Gasteiger partial charge >= 0.3 is 0 Å². The van der Waals surface area contributed by atoms with Crippen LogP contribution >= 0.6 is 11.8 Å². The van der Waals surface area contributed by atoms with Crippen LogP contribution < -0.4 is 5.73 Å². The molecule has 0 aliphatic carbocycles. The van der Waals surface area contributed by atoms with Crippen LogP contribution in [0.4, 0.5) is 0 Å². The molecule has 0 aliphatic heterocycles. The molecule has 0 fully saturated rings. The molecular weight excluding hydrogens is 286 g/mol. The van der Waals surface area contributed by atoms with E-state index < -0.39 is 17.2 Å². The predicted molar refractivity (Wildman–Crippen MR) is 91.5 cm³/mol. The van der Waals surface area contributed by atoms with Crippen molar-refractivity contribution in [3.8, 4) is 0 Å². The van der Waals surface area contributed by atoms with Crippen LogP contribution in [0.15, 0.2) is 0 Å². The highest BCUT2D eigenvalue weighted by Crippen LogP contribution is 2.47. The summed E-state index contributed by atoms with van der Waals surface area (Å²) in [4.78, 5) is 0. The zero-order valence-corrected chi connectivity index (χ0v) is 15.4. The summed E-state index contributed by atoms with van der Waals surface area (Å²) in [6, 6.07) is 0. The monoisotopic (exact) mass is 321 g/mol. The molecule has 128 valence electrons. The van der Waals surface area contributed by atoms with Crippen molar-refractivity contribution in [2.75, 3.05) is 19.5 Å². The summed E-state index contributed by atoms with van der Waals surface area (Å²) < 4.78 is 5.21. The minimum Gasteiger partial charge on any atom is -0.396 e. The van der Waals surface area contributed by atoms with Crippen LogP contribution in [0, 0.1) is 5.41 Å². The van der Waals surface area contributed by atoms with E-state index in [1.165, 1.54) is 7.11 Å². The smallest absolute Gasteiger partial charge is 0.161 e. The molecule has 21 heavy (non-hydrogen) atoms. The Balaban J connectivity index is 5.41. The van der Waals surface area contributed by atoms with Gasteiger partial charge in [-0.25, -0.2) is 0 Å². The maximum Gasteiger partial charge on any atom is 0.161 e. The normalized spacial score (nSPS) is 22.1. The van der Waals surface area contributed by atoms with Crippen LogP contribution in [-0.4, -0.2) is 46.3 Å². The highest BCUT2D eigenvalue weighted by atomic mass is 32.2. The molecule has 4 unspecified atom stereocenters. The fourth-order valence-electron chi connectivity index (χ4n) is 2.98. The van der Waals surface area contributed by atoms with Crippen LogP contribution in [0.1, 0.15) is 60.3 Å². The Hall–Kier alpha value is 0.190. The van der Waals surface area contributed by atoms with Crippen LogP contribution in [0.5, 0.6) is 0 Å². The summed E-state index contributed by atoms with van der Waals surface area (Å²) in [7, 11) is 1.52. The molecular formula is C16H35NO3S. The summed E-state index contributed by atoms with van der Waals surface area (Å²) in [5.41, 5.74) is 5.50. The van der Waals surface area contributed by atoms with Crippen molar-refractivity contribution in [3.63, 3.8) is 0 Å². The zero-order valence-electron chi connectivity index (χ0n) is 14.6. The Morgan fingerprint density at radius 1 is 1.24 bits per heavy atom. The van der Waals surface area contributed by atoms with Gasteiger partial charge in [0.15, 0.2) is 6.29 Å². The molecule has 5 heteroatoms. The van der Waals surface area contributed by atoms with Crippen molar-refractivity contribution in [1.82, 2.24) is 0 Å². The number of rotatable bonds is 11. The average Bonchev–Trinajstić information content (AvgIpc) is 2.43. The molecule has 0 aromatic rings. The van der Waals surface area contributed by atoms with Gasteiger partial charge < -0.3 is 20.7 Å². The number of aliphatic hydroxyl groups excluding tert-OH is 2. The third kappa shape index (κ3) is 5.39. The van der Waals surface area contributed by atoms with Crippen LogP contribution in [0.25, 0.3) is 0 Å². The highest BCUT2D eigenvalue weighted by Gasteiger charge is 2.50. The van der Waals surface area contributed by atoms with E-state index in [1.54, 1.807) is 11.8 Å². The van der Waals surface area contributed by atoms with E-state index in [4.69, 9.17) is 15.6 Å². The maximum absolute atomic E-state index is 10.5. The summed E-state index contributed by atoms with van der Waals surface area (Å²) in [6.45, 7) is 10.6. The molecule has 0 aromatic carbocycles. The summed E-state index contributed by atoms with van der Waals surface area (Å²) in [6.07, 6.45) is 2.58. The molecule has 0 saturated heterocycles. The van der Waals surface area contributed by atoms with Crippen molar-refractivity contribution in [2.24, 2.45) is 11.1 Å². The molecule has 0 rings (SSSR count). The molecule has 0 saturated carbocycles. The molecule has 4 nitrogen and oxygen atoms in total. The van der Waals surface area contributed by atoms with E-state index in [0.29, 0.717) is 5.75 Å². The lowest BCUT2D eigenvalue weighted by Crippen LogP contribution is -2.59. The number of ether oxygens (including phenoxy) is 1. The topological polar surface area (TPSA) is 75.7 Å². The minimum atomic E-state index is -0.903. The van der Waals surface area contributed by atoms with Crippen molar-refractivity contribution >= 4 is 11.8 Å². The first-order valence-corrected chi connectivity index (χ1v) is 8.85. The lowest BCUT2D eigenvalue weighted by atomic mass is 9.64. The molecule has 0 radical (unpaired) electrons. The Bertz CT molecular complexity index is 301. The molecule has 0 aliphatic rings. The maximum atomic E-state index is 10.5. The molecule has 0 bridgehead atoms. The molecule has 4 N–H and O–H groups in total. The third-order valence-electron chi connectivity index (χ3n) is 4.87. The Kier molecular flexibility index (Phi) is 8.81. The van der Waals surface area contributed by atoms with Gasteiger partial charge in [-0.05, 0) is 26.2 Å². The predicted octanol–water partition coefficient (Wildman–Crippen LogP) is 2.76. The second-order valence-electron chi connectivity index (χ2n) is 6.73. The first kappa shape index (κ1) is 21.2. The van der Waals surface area contributed by atoms with Crippen molar-refractivity contribution in [3.05, 3.63) is 0 Å².